The zero-order valence-corrected chi connectivity index (χ0v) is 20.0. The molecule has 7 nitrogen and oxygen atoms in total. The number of para-hydroxylation sites is 1. The molecule has 2 heterocycles. The number of nitrogens with zero attached hydrogens (tertiary/aromatic N) is 5. The second-order valence-electron chi connectivity index (χ2n) is 7.83. The van der Waals surface area contributed by atoms with Gasteiger partial charge in [0, 0.05) is 5.02 Å². The molecule has 5 rings (SSSR count). The lowest BCUT2D eigenvalue weighted by molar-refractivity contribution is 0.155. The molecule has 10 heteroatoms. The smallest absolute Gasteiger partial charge is 0.203 e. The number of aliphatic hydroxyl groups excluding tert-OH is 1. The average Bonchev–Trinajstić information content (AvgIpc) is 3.40. The van der Waals surface area contributed by atoms with Gasteiger partial charge in [0.2, 0.25) is 5.62 Å². The molecule has 0 bridgehead atoms. The Morgan fingerprint density at radius 1 is 0.882 bits per heavy atom. The Hall–Kier alpha value is -3.10. The molecule has 0 amide bonds. The Bertz CT molecular complexity index is 1540. The van der Waals surface area contributed by atoms with E-state index in [-0.39, 0.29) is 12.2 Å². The van der Waals surface area contributed by atoms with Crippen molar-refractivity contribution in [1.29, 1.82) is 5.41 Å². The van der Waals surface area contributed by atoms with Gasteiger partial charge in [0.15, 0.2) is 0 Å². The molecule has 1 atom stereocenters. The topological polar surface area (TPSA) is 84.7 Å². The number of hydrogen-bond acceptors (Lipinski definition) is 4. The number of aliphatic hydroxyl groups is 1. The summed E-state index contributed by atoms with van der Waals surface area (Å²) in [6.07, 6.45) is 0.942. The molecule has 1 unspecified atom stereocenters. The predicted molar refractivity (Wildman–Crippen MR) is 133 cm³/mol. The third-order valence-corrected chi connectivity index (χ3v) is 6.57. The molecule has 0 aliphatic heterocycles. The van der Waals surface area contributed by atoms with Gasteiger partial charge in [-0.25, -0.2) is 4.68 Å². The average molecular weight is 514 g/mol. The molecule has 0 aliphatic carbocycles. The van der Waals surface area contributed by atoms with Gasteiger partial charge in [-0.2, -0.15) is 0 Å². The van der Waals surface area contributed by atoms with E-state index >= 15 is 0 Å². The number of benzene rings is 3. The highest BCUT2D eigenvalue weighted by atomic mass is 35.5. The fourth-order valence-electron chi connectivity index (χ4n) is 3.90. The number of imidazole rings is 1. The number of nitrogens with one attached hydrogen (secondary N) is 1. The van der Waals surface area contributed by atoms with Gasteiger partial charge in [0.1, 0.15) is 5.69 Å². The molecule has 0 fully saturated rings. The molecular formula is C24H19Cl3N6O. The van der Waals surface area contributed by atoms with E-state index in [0.29, 0.717) is 32.9 Å². The van der Waals surface area contributed by atoms with Gasteiger partial charge in [-0.1, -0.05) is 64.3 Å². The van der Waals surface area contributed by atoms with Crippen LogP contribution in [0.3, 0.4) is 0 Å². The minimum atomic E-state index is -0.891. The molecule has 34 heavy (non-hydrogen) atoms. The van der Waals surface area contributed by atoms with Crippen molar-refractivity contribution in [3.8, 4) is 5.69 Å². The first-order valence-corrected chi connectivity index (χ1v) is 11.6. The van der Waals surface area contributed by atoms with Crippen LogP contribution in [0.15, 0.2) is 72.9 Å². The fraction of sp³-hybridized carbons (Fsp3) is 0.125. The minimum Gasteiger partial charge on any atom is -0.387 e. The molecule has 0 radical (unpaired) electrons. The van der Waals surface area contributed by atoms with Crippen LogP contribution in [-0.2, 0) is 13.1 Å². The fourth-order valence-corrected chi connectivity index (χ4v) is 4.37. The van der Waals surface area contributed by atoms with Crippen molar-refractivity contribution < 1.29 is 5.11 Å². The quantitative estimate of drug-likeness (QED) is 0.325. The Morgan fingerprint density at radius 3 is 2.44 bits per heavy atom. The molecule has 5 aromatic rings. The van der Waals surface area contributed by atoms with E-state index in [9.17, 15) is 5.11 Å². The monoisotopic (exact) mass is 512 g/mol. The van der Waals surface area contributed by atoms with Crippen LogP contribution in [-0.4, -0.2) is 29.2 Å². The molecular weight excluding hydrogens is 495 g/mol. The van der Waals surface area contributed by atoms with E-state index < -0.39 is 6.10 Å². The van der Waals surface area contributed by atoms with Crippen molar-refractivity contribution in [3.05, 3.63) is 105 Å². The van der Waals surface area contributed by atoms with Crippen LogP contribution in [0.25, 0.3) is 16.7 Å². The summed E-state index contributed by atoms with van der Waals surface area (Å²) in [6.45, 7) is 0.469. The van der Waals surface area contributed by atoms with Gasteiger partial charge >= 0.3 is 0 Å². The van der Waals surface area contributed by atoms with Crippen molar-refractivity contribution in [2.45, 2.75) is 19.2 Å². The highest BCUT2D eigenvalue weighted by Crippen LogP contribution is 2.27. The summed E-state index contributed by atoms with van der Waals surface area (Å²) < 4.78 is 5.22. The summed E-state index contributed by atoms with van der Waals surface area (Å²) in [7, 11) is 0. The van der Waals surface area contributed by atoms with Crippen LogP contribution in [0.2, 0.25) is 15.1 Å². The summed E-state index contributed by atoms with van der Waals surface area (Å²) in [6, 6.07) is 20.1. The number of hydrogen-bond donors (Lipinski definition) is 2. The molecule has 0 spiro atoms. The predicted octanol–water partition coefficient (Wildman–Crippen LogP) is 5.25. The summed E-state index contributed by atoms with van der Waals surface area (Å²) in [4.78, 5) is 0. The molecule has 0 saturated heterocycles. The van der Waals surface area contributed by atoms with Crippen molar-refractivity contribution in [3.63, 3.8) is 0 Å². The minimum absolute atomic E-state index is 0.151. The van der Waals surface area contributed by atoms with E-state index in [4.69, 9.17) is 40.2 Å². The summed E-state index contributed by atoms with van der Waals surface area (Å²) in [5.41, 5.74) is 3.92. The second kappa shape index (κ2) is 9.27. The molecule has 3 aromatic carbocycles. The Labute approximate surface area is 209 Å². The zero-order valence-electron chi connectivity index (χ0n) is 17.7. The lowest BCUT2D eigenvalue weighted by Gasteiger charge is -2.13. The molecule has 0 aliphatic rings. The summed E-state index contributed by atoms with van der Waals surface area (Å²) in [5.74, 6) is 0. The van der Waals surface area contributed by atoms with Crippen LogP contribution in [0.5, 0.6) is 0 Å². The molecule has 2 aromatic heterocycles. The number of rotatable bonds is 6. The Balaban J connectivity index is 1.51. The first-order valence-electron chi connectivity index (χ1n) is 10.4. The third-order valence-electron chi connectivity index (χ3n) is 5.60. The molecule has 172 valence electrons. The van der Waals surface area contributed by atoms with Crippen molar-refractivity contribution >= 4 is 45.8 Å². The van der Waals surface area contributed by atoms with E-state index in [1.54, 1.807) is 44.1 Å². The van der Waals surface area contributed by atoms with Crippen molar-refractivity contribution in [2.24, 2.45) is 0 Å². The molecule has 0 saturated carbocycles. The number of fused-ring (bicyclic) bond motifs is 1. The number of aromatic nitrogens is 5. The van der Waals surface area contributed by atoms with E-state index in [1.807, 2.05) is 42.6 Å². The van der Waals surface area contributed by atoms with Gasteiger partial charge in [0.05, 0.1) is 52.2 Å². The highest BCUT2D eigenvalue weighted by molar-refractivity contribution is 6.42. The first kappa shape index (κ1) is 22.7. The van der Waals surface area contributed by atoms with Crippen molar-refractivity contribution in [1.82, 2.24) is 24.1 Å². The maximum atomic E-state index is 10.9. The normalized spacial score (nSPS) is 12.4. The first-order chi connectivity index (χ1) is 16.4. The standard InChI is InChI=1S/C24H19Cl3N6O/c25-16-7-9-21-22(11-16)31(12-17-13-33(30-29-17)18-4-2-1-3-5-18)24(28)32(21)14-23(34)15-6-8-19(26)20(27)10-15/h1-11,13,23,28,34H,12,14H2. The van der Waals surface area contributed by atoms with Gasteiger partial charge < -0.3 is 14.2 Å². The van der Waals surface area contributed by atoms with Gasteiger partial charge in [-0.3, -0.25) is 5.41 Å². The van der Waals surface area contributed by atoms with Crippen molar-refractivity contribution in [2.75, 3.05) is 0 Å². The van der Waals surface area contributed by atoms with Crippen LogP contribution in [0.1, 0.15) is 17.4 Å². The maximum absolute atomic E-state index is 10.9. The van der Waals surface area contributed by atoms with Crippen LogP contribution >= 0.6 is 34.8 Å². The summed E-state index contributed by atoms with van der Waals surface area (Å²) in [5, 5.41) is 29.6. The lowest BCUT2D eigenvalue weighted by atomic mass is 10.1. The van der Waals surface area contributed by atoms with E-state index in [1.165, 1.54) is 0 Å². The zero-order chi connectivity index (χ0) is 23.8. The summed E-state index contributed by atoms with van der Waals surface area (Å²) >= 11 is 18.4. The Morgan fingerprint density at radius 2 is 1.68 bits per heavy atom. The van der Waals surface area contributed by atoms with Crippen LogP contribution in [0.4, 0.5) is 0 Å². The van der Waals surface area contributed by atoms with Gasteiger partial charge in [-0.15, -0.1) is 5.10 Å². The van der Waals surface area contributed by atoms with E-state index in [2.05, 4.69) is 10.3 Å². The van der Waals surface area contributed by atoms with E-state index in [0.717, 1.165) is 16.7 Å². The second-order valence-corrected chi connectivity index (χ2v) is 9.08. The largest absolute Gasteiger partial charge is 0.387 e. The van der Waals surface area contributed by atoms with Gasteiger partial charge in [-0.05, 0) is 48.0 Å². The third kappa shape index (κ3) is 4.35. The van der Waals surface area contributed by atoms with Gasteiger partial charge in [0.25, 0.3) is 0 Å². The highest BCUT2D eigenvalue weighted by Gasteiger charge is 2.17. The maximum Gasteiger partial charge on any atom is 0.203 e. The van der Waals surface area contributed by atoms with Crippen LogP contribution < -0.4 is 5.62 Å². The SMILES string of the molecule is N=c1n(Cc2cn(-c3ccccc3)nn2)c2cc(Cl)ccc2n1CC(O)c1ccc(Cl)c(Cl)c1. The number of halogens is 3. The Kier molecular flexibility index (Phi) is 6.18. The lowest BCUT2D eigenvalue weighted by Crippen LogP contribution is -2.27. The molecule has 2 N–H and O–H groups in total. The van der Waals surface area contributed by atoms with Crippen LogP contribution in [0, 0.1) is 5.41 Å².